The SMILES string of the molecule is Cc1nc(-c2ccc(OC/C(=C/F)CN)cc2)sc1C.Cl. The molecule has 0 saturated carbocycles. The van der Waals surface area contributed by atoms with Crippen LogP contribution in [0, 0.1) is 13.8 Å². The van der Waals surface area contributed by atoms with Crippen molar-refractivity contribution in [3.63, 3.8) is 0 Å². The van der Waals surface area contributed by atoms with E-state index in [1.165, 1.54) is 4.88 Å². The molecule has 0 atom stereocenters. The van der Waals surface area contributed by atoms with Crippen molar-refractivity contribution in [2.24, 2.45) is 5.73 Å². The lowest BCUT2D eigenvalue weighted by Crippen LogP contribution is -2.10. The molecule has 0 fully saturated rings. The molecule has 2 N–H and O–H groups in total. The Balaban J connectivity index is 0.00000220. The van der Waals surface area contributed by atoms with E-state index in [4.69, 9.17) is 10.5 Å². The van der Waals surface area contributed by atoms with E-state index in [1.54, 1.807) is 11.3 Å². The topological polar surface area (TPSA) is 48.1 Å². The molecule has 6 heteroatoms. The van der Waals surface area contributed by atoms with Crippen molar-refractivity contribution in [1.29, 1.82) is 0 Å². The van der Waals surface area contributed by atoms with Crippen LogP contribution in [0.5, 0.6) is 5.75 Å². The minimum atomic E-state index is 0. The second-order valence-electron chi connectivity index (χ2n) is 4.45. The van der Waals surface area contributed by atoms with Gasteiger partial charge in [-0.3, -0.25) is 0 Å². The Morgan fingerprint density at radius 3 is 2.48 bits per heavy atom. The highest BCUT2D eigenvalue weighted by molar-refractivity contribution is 7.15. The molecular formula is C15H18ClFN2OS. The van der Waals surface area contributed by atoms with E-state index < -0.39 is 0 Å². The number of hydrogen-bond acceptors (Lipinski definition) is 4. The molecule has 1 aromatic carbocycles. The van der Waals surface area contributed by atoms with Crippen molar-refractivity contribution >= 4 is 23.7 Å². The van der Waals surface area contributed by atoms with E-state index in [1.807, 2.05) is 31.2 Å². The van der Waals surface area contributed by atoms with Gasteiger partial charge in [0.2, 0.25) is 0 Å². The largest absolute Gasteiger partial charge is 0.489 e. The fourth-order valence-corrected chi connectivity index (χ4v) is 2.52. The number of aromatic nitrogens is 1. The number of thiazole rings is 1. The highest BCUT2D eigenvalue weighted by atomic mass is 35.5. The summed E-state index contributed by atoms with van der Waals surface area (Å²) in [6.07, 6.45) is 0.496. The lowest BCUT2D eigenvalue weighted by Gasteiger charge is -2.07. The predicted octanol–water partition coefficient (Wildman–Crippen LogP) is 4.04. The average molecular weight is 329 g/mol. The number of hydrogen-bond donors (Lipinski definition) is 1. The Kier molecular flexibility index (Phi) is 6.81. The van der Waals surface area contributed by atoms with Gasteiger partial charge < -0.3 is 10.5 Å². The molecule has 3 nitrogen and oxygen atoms in total. The summed E-state index contributed by atoms with van der Waals surface area (Å²) in [5, 5.41) is 0.998. The number of halogens is 2. The first-order valence-corrected chi connectivity index (χ1v) is 7.11. The normalized spacial score (nSPS) is 11.1. The molecule has 114 valence electrons. The molecule has 0 aliphatic rings. The van der Waals surface area contributed by atoms with Crippen LogP contribution in [-0.4, -0.2) is 18.1 Å². The number of nitrogens with zero attached hydrogens (tertiary/aromatic N) is 1. The zero-order chi connectivity index (χ0) is 14.5. The van der Waals surface area contributed by atoms with E-state index in [9.17, 15) is 4.39 Å². The molecule has 1 heterocycles. The van der Waals surface area contributed by atoms with E-state index in [-0.39, 0.29) is 25.6 Å². The minimum Gasteiger partial charge on any atom is -0.489 e. The molecule has 0 unspecified atom stereocenters. The summed E-state index contributed by atoms with van der Waals surface area (Å²) < 4.78 is 17.8. The van der Waals surface area contributed by atoms with Gasteiger partial charge in [-0.1, -0.05) is 0 Å². The van der Waals surface area contributed by atoms with Crippen LogP contribution >= 0.6 is 23.7 Å². The molecule has 0 aliphatic heterocycles. The monoisotopic (exact) mass is 328 g/mol. The summed E-state index contributed by atoms with van der Waals surface area (Å²) in [6.45, 7) is 4.39. The molecule has 1 aromatic heterocycles. The standard InChI is InChI=1S/C15H17FN2OS.ClH/c1-10-11(2)20-15(18-10)13-3-5-14(6-4-13)19-9-12(7-16)8-17;/h3-7H,8-9,17H2,1-2H3;1H/b12-7+;. The van der Waals surface area contributed by atoms with Crippen molar-refractivity contribution in [2.45, 2.75) is 13.8 Å². The molecule has 21 heavy (non-hydrogen) atoms. The molecule has 0 bridgehead atoms. The van der Waals surface area contributed by atoms with Gasteiger partial charge in [0.1, 0.15) is 17.4 Å². The number of aryl methyl sites for hydroxylation is 2. The summed E-state index contributed by atoms with van der Waals surface area (Å²) in [5.41, 5.74) is 7.92. The van der Waals surface area contributed by atoms with Gasteiger partial charge >= 0.3 is 0 Å². The molecule has 0 spiro atoms. The Morgan fingerprint density at radius 2 is 2.00 bits per heavy atom. The molecule has 0 amide bonds. The molecule has 2 rings (SSSR count). The number of rotatable bonds is 5. The Morgan fingerprint density at radius 1 is 1.33 bits per heavy atom. The summed E-state index contributed by atoms with van der Waals surface area (Å²) in [6, 6.07) is 7.62. The van der Waals surface area contributed by atoms with Crippen molar-refractivity contribution in [1.82, 2.24) is 4.98 Å². The molecule has 0 radical (unpaired) electrons. The molecule has 0 saturated heterocycles. The van der Waals surface area contributed by atoms with Crippen molar-refractivity contribution in [3.8, 4) is 16.3 Å². The first-order chi connectivity index (χ1) is 9.63. The Labute approximate surface area is 134 Å². The summed E-state index contributed by atoms with van der Waals surface area (Å²) in [5.74, 6) is 0.687. The maximum absolute atomic E-state index is 12.4. The fraction of sp³-hybridized carbons (Fsp3) is 0.267. The smallest absolute Gasteiger partial charge is 0.123 e. The van der Waals surface area contributed by atoms with Crippen LogP contribution in [0.3, 0.4) is 0 Å². The van der Waals surface area contributed by atoms with Crippen LogP contribution in [0.4, 0.5) is 4.39 Å². The first kappa shape index (κ1) is 17.6. The van der Waals surface area contributed by atoms with Crippen molar-refractivity contribution < 1.29 is 9.13 Å². The quantitative estimate of drug-likeness (QED) is 0.901. The first-order valence-electron chi connectivity index (χ1n) is 6.29. The van der Waals surface area contributed by atoms with Gasteiger partial charge in [0.05, 0.1) is 12.0 Å². The van der Waals surface area contributed by atoms with E-state index >= 15 is 0 Å². The molecular weight excluding hydrogens is 311 g/mol. The molecule has 2 aromatic rings. The predicted molar refractivity (Wildman–Crippen MR) is 88.0 cm³/mol. The number of nitrogens with two attached hydrogens (primary N) is 1. The highest BCUT2D eigenvalue weighted by Gasteiger charge is 2.06. The van der Waals surface area contributed by atoms with Crippen LogP contribution < -0.4 is 10.5 Å². The van der Waals surface area contributed by atoms with E-state index in [2.05, 4.69) is 11.9 Å². The van der Waals surface area contributed by atoms with Gasteiger partial charge in [-0.15, -0.1) is 23.7 Å². The highest BCUT2D eigenvalue weighted by Crippen LogP contribution is 2.28. The fourth-order valence-electron chi connectivity index (χ4n) is 1.60. The van der Waals surface area contributed by atoms with E-state index in [0.29, 0.717) is 17.7 Å². The Bertz CT molecular complexity index is 591. The van der Waals surface area contributed by atoms with Crippen molar-refractivity contribution in [2.75, 3.05) is 13.2 Å². The zero-order valence-electron chi connectivity index (χ0n) is 11.9. The molecule has 0 aliphatic carbocycles. The van der Waals surface area contributed by atoms with Gasteiger partial charge in [0.15, 0.2) is 0 Å². The number of benzene rings is 1. The van der Waals surface area contributed by atoms with Gasteiger partial charge in [-0.05, 0) is 38.1 Å². The third-order valence-corrected chi connectivity index (χ3v) is 4.09. The van der Waals surface area contributed by atoms with Crippen molar-refractivity contribution in [3.05, 3.63) is 46.7 Å². The van der Waals surface area contributed by atoms with Gasteiger partial charge in [-0.25, -0.2) is 9.37 Å². The average Bonchev–Trinajstić information content (AvgIpc) is 2.80. The summed E-state index contributed by atoms with van der Waals surface area (Å²) in [7, 11) is 0. The van der Waals surface area contributed by atoms with Crippen LogP contribution in [0.25, 0.3) is 10.6 Å². The zero-order valence-corrected chi connectivity index (χ0v) is 13.6. The third-order valence-electron chi connectivity index (χ3n) is 2.97. The second-order valence-corrected chi connectivity index (χ2v) is 5.65. The number of ether oxygens (including phenoxy) is 1. The van der Waals surface area contributed by atoms with Crippen LogP contribution in [0.2, 0.25) is 0 Å². The van der Waals surface area contributed by atoms with Crippen LogP contribution in [0.15, 0.2) is 36.2 Å². The van der Waals surface area contributed by atoms with E-state index in [0.717, 1.165) is 16.3 Å². The Hall–Kier alpha value is -1.43. The van der Waals surface area contributed by atoms with Gasteiger partial charge in [0, 0.05) is 22.6 Å². The summed E-state index contributed by atoms with van der Waals surface area (Å²) in [4.78, 5) is 5.74. The van der Waals surface area contributed by atoms with Gasteiger partial charge in [0.25, 0.3) is 0 Å². The lowest BCUT2D eigenvalue weighted by atomic mass is 10.2. The lowest BCUT2D eigenvalue weighted by molar-refractivity contribution is 0.347. The van der Waals surface area contributed by atoms with Crippen LogP contribution in [0.1, 0.15) is 10.6 Å². The third kappa shape index (κ3) is 4.52. The maximum Gasteiger partial charge on any atom is 0.123 e. The van der Waals surface area contributed by atoms with Gasteiger partial charge in [-0.2, -0.15) is 0 Å². The minimum absolute atomic E-state index is 0. The second kappa shape index (κ2) is 8.12. The van der Waals surface area contributed by atoms with Crippen LogP contribution in [-0.2, 0) is 0 Å². The summed E-state index contributed by atoms with van der Waals surface area (Å²) >= 11 is 1.67. The maximum atomic E-state index is 12.4.